The van der Waals surface area contributed by atoms with E-state index in [4.69, 9.17) is 37.4 Å². The van der Waals surface area contributed by atoms with Crippen LogP contribution in [0.1, 0.15) is 49.3 Å². The van der Waals surface area contributed by atoms with Gasteiger partial charge in [0.05, 0.1) is 43.5 Å². The SMILES string of the molecule is COc1cccc(C2/C(=C(\O)c3cc(Cl)c(OC)c(Cl)c3OC)C(=O)C(=O)N2C2CCCCC2)c1. The highest BCUT2D eigenvalue weighted by molar-refractivity contribution is 6.47. The van der Waals surface area contributed by atoms with Gasteiger partial charge in [-0.2, -0.15) is 0 Å². The second kappa shape index (κ2) is 10.4. The standard InChI is InChI=1S/C26H27Cl2NO6/c1-33-16-11-7-8-14(12-16)21-19(23(31)26(32)29(21)15-9-5-4-6-10-15)22(30)17-13-18(27)25(35-3)20(28)24(17)34-2/h7-8,11-13,15,21,30H,4-6,9-10H2,1-3H3/b22-19+. The molecule has 1 aliphatic heterocycles. The van der Waals surface area contributed by atoms with Crippen molar-refractivity contribution in [3.8, 4) is 17.2 Å². The van der Waals surface area contributed by atoms with Gasteiger partial charge in [-0.15, -0.1) is 0 Å². The van der Waals surface area contributed by atoms with Gasteiger partial charge in [-0.05, 0) is 36.6 Å². The molecular weight excluding hydrogens is 493 g/mol. The summed E-state index contributed by atoms with van der Waals surface area (Å²) >= 11 is 12.8. The number of carbonyl (C=O) groups is 2. The first-order valence-corrected chi connectivity index (χ1v) is 12.1. The number of methoxy groups -OCH3 is 3. The number of nitrogens with zero attached hydrogens (tertiary/aromatic N) is 1. The molecular formula is C26H27Cl2NO6. The molecule has 2 aromatic rings. The lowest BCUT2D eigenvalue weighted by Crippen LogP contribution is -2.40. The van der Waals surface area contributed by atoms with Crippen LogP contribution in [0, 0.1) is 0 Å². The fourth-order valence-corrected chi connectivity index (χ4v) is 5.70. The minimum absolute atomic E-state index is 0.0449. The molecule has 1 aliphatic carbocycles. The molecule has 2 aliphatic rings. The first kappa shape index (κ1) is 25.2. The minimum atomic E-state index is -0.808. The highest BCUT2D eigenvalue weighted by Gasteiger charge is 2.49. The summed E-state index contributed by atoms with van der Waals surface area (Å²) < 4.78 is 16.1. The number of aliphatic hydroxyl groups is 1. The minimum Gasteiger partial charge on any atom is -0.507 e. The predicted octanol–water partition coefficient (Wildman–Crippen LogP) is 5.77. The van der Waals surface area contributed by atoms with E-state index in [0.717, 1.165) is 32.1 Å². The zero-order chi connectivity index (χ0) is 25.3. The van der Waals surface area contributed by atoms with Crippen LogP contribution >= 0.6 is 23.2 Å². The summed E-state index contributed by atoms with van der Waals surface area (Å²) in [4.78, 5) is 28.4. The molecule has 4 rings (SSSR count). The number of amides is 1. The second-order valence-corrected chi connectivity index (χ2v) is 9.35. The highest BCUT2D eigenvalue weighted by atomic mass is 35.5. The molecule has 1 heterocycles. The van der Waals surface area contributed by atoms with Gasteiger partial charge < -0.3 is 24.2 Å². The van der Waals surface area contributed by atoms with E-state index < -0.39 is 23.5 Å². The van der Waals surface area contributed by atoms with Crippen molar-refractivity contribution in [2.45, 2.75) is 44.2 Å². The van der Waals surface area contributed by atoms with E-state index in [1.165, 1.54) is 20.3 Å². The van der Waals surface area contributed by atoms with Crippen molar-refractivity contribution in [1.29, 1.82) is 0 Å². The van der Waals surface area contributed by atoms with Gasteiger partial charge in [0.2, 0.25) is 0 Å². The summed E-state index contributed by atoms with van der Waals surface area (Å²) in [5.74, 6) is -1.00. The van der Waals surface area contributed by atoms with Crippen molar-refractivity contribution in [1.82, 2.24) is 4.90 Å². The molecule has 0 radical (unpaired) electrons. The van der Waals surface area contributed by atoms with E-state index in [9.17, 15) is 14.7 Å². The van der Waals surface area contributed by atoms with Crippen molar-refractivity contribution >= 4 is 40.7 Å². The number of rotatable bonds is 6. The Morgan fingerprint density at radius 2 is 1.66 bits per heavy atom. The Morgan fingerprint density at radius 1 is 0.971 bits per heavy atom. The van der Waals surface area contributed by atoms with Crippen LogP contribution in [0.5, 0.6) is 17.2 Å². The monoisotopic (exact) mass is 519 g/mol. The van der Waals surface area contributed by atoms with Crippen LogP contribution in [0.15, 0.2) is 35.9 Å². The molecule has 1 N–H and O–H groups in total. The second-order valence-electron chi connectivity index (χ2n) is 8.56. The number of hydrogen-bond donors (Lipinski definition) is 1. The molecule has 1 saturated heterocycles. The molecule has 35 heavy (non-hydrogen) atoms. The number of hydrogen-bond acceptors (Lipinski definition) is 6. The first-order chi connectivity index (χ1) is 16.8. The number of ether oxygens (including phenoxy) is 3. The number of Topliss-reactive ketones (excluding diaryl/α,β-unsaturated/α-hetero) is 1. The summed E-state index contributed by atoms with van der Waals surface area (Å²) in [6.07, 6.45) is 4.60. The molecule has 9 heteroatoms. The lowest BCUT2D eigenvalue weighted by atomic mass is 9.90. The summed E-state index contributed by atoms with van der Waals surface area (Å²) in [5.41, 5.74) is 0.697. The number of benzene rings is 2. The van der Waals surface area contributed by atoms with Gasteiger partial charge in [0.15, 0.2) is 11.5 Å². The van der Waals surface area contributed by atoms with Crippen molar-refractivity contribution in [2.24, 2.45) is 0 Å². The van der Waals surface area contributed by atoms with Gasteiger partial charge in [0.1, 0.15) is 16.5 Å². The number of ketones is 1. The van der Waals surface area contributed by atoms with E-state index in [-0.39, 0.29) is 38.7 Å². The molecule has 1 amide bonds. The van der Waals surface area contributed by atoms with Gasteiger partial charge in [-0.3, -0.25) is 9.59 Å². The summed E-state index contributed by atoms with van der Waals surface area (Å²) in [6.45, 7) is 0. The van der Waals surface area contributed by atoms with E-state index in [2.05, 4.69) is 0 Å². The third-order valence-corrected chi connectivity index (χ3v) is 7.28. The molecule has 1 unspecified atom stereocenters. The zero-order valence-electron chi connectivity index (χ0n) is 19.8. The van der Waals surface area contributed by atoms with Crippen molar-refractivity contribution in [3.05, 3.63) is 57.1 Å². The Bertz CT molecular complexity index is 1190. The maximum atomic E-state index is 13.4. The average Bonchev–Trinajstić information content (AvgIpc) is 3.14. The van der Waals surface area contributed by atoms with Gasteiger partial charge in [-0.1, -0.05) is 54.6 Å². The molecule has 0 aromatic heterocycles. The van der Waals surface area contributed by atoms with Crippen LogP contribution in [0.4, 0.5) is 0 Å². The lowest BCUT2D eigenvalue weighted by Gasteiger charge is -2.35. The van der Waals surface area contributed by atoms with Crippen molar-refractivity contribution < 1.29 is 28.9 Å². The van der Waals surface area contributed by atoms with Crippen LogP contribution in [0.3, 0.4) is 0 Å². The zero-order valence-corrected chi connectivity index (χ0v) is 21.3. The normalized spacial score (nSPS) is 20.3. The number of aliphatic hydroxyl groups excluding tert-OH is 1. The van der Waals surface area contributed by atoms with Crippen LogP contribution in [-0.4, -0.2) is 49.1 Å². The highest BCUT2D eigenvalue weighted by Crippen LogP contribution is 2.48. The molecule has 0 bridgehead atoms. The quantitative estimate of drug-likeness (QED) is 0.296. The van der Waals surface area contributed by atoms with Crippen molar-refractivity contribution in [2.75, 3.05) is 21.3 Å². The van der Waals surface area contributed by atoms with Crippen LogP contribution in [0.25, 0.3) is 5.76 Å². The van der Waals surface area contributed by atoms with Gasteiger partial charge in [0, 0.05) is 6.04 Å². The summed E-state index contributed by atoms with van der Waals surface area (Å²) in [7, 11) is 4.33. The molecule has 2 fully saturated rings. The number of likely N-dealkylation sites (tertiary alicyclic amines) is 1. The summed E-state index contributed by atoms with van der Waals surface area (Å²) in [6, 6.07) is 7.64. The summed E-state index contributed by atoms with van der Waals surface area (Å²) in [5, 5.41) is 11.7. The lowest BCUT2D eigenvalue weighted by molar-refractivity contribution is -0.141. The Balaban J connectivity index is 1.96. The van der Waals surface area contributed by atoms with E-state index in [1.807, 2.05) is 6.07 Å². The molecule has 1 atom stereocenters. The Hall–Kier alpha value is -2.90. The molecule has 7 nitrogen and oxygen atoms in total. The van der Waals surface area contributed by atoms with E-state index in [0.29, 0.717) is 11.3 Å². The maximum absolute atomic E-state index is 13.4. The molecule has 186 valence electrons. The number of halogens is 2. The smallest absolute Gasteiger partial charge is 0.295 e. The maximum Gasteiger partial charge on any atom is 0.295 e. The van der Waals surface area contributed by atoms with Crippen LogP contribution < -0.4 is 14.2 Å². The average molecular weight is 520 g/mol. The first-order valence-electron chi connectivity index (χ1n) is 11.4. The van der Waals surface area contributed by atoms with Crippen LogP contribution in [0.2, 0.25) is 10.0 Å². The Kier molecular flexibility index (Phi) is 7.47. The topological polar surface area (TPSA) is 85.3 Å². The third kappa shape index (κ3) is 4.43. The predicted molar refractivity (Wildman–Crippen MR) is 134 cm³/mol. The third-order valence-electron chi connectivity index (χ3n) is 6.65. The van der Waals surface area contributed by atoms with Crippen LogP contribution in [-0.2, 0) is 9.59 Å². The fourth-order valence-electron chi connectivity index (χ4n) is 5.02. The number of carbonyl (C=O) groups excluding carboxylic acids is 2. The Morgan fingerprint density at radius 3 is 2.29 bits per heavy atom. The van der Waals surface area contributed by atoms with E-state index >= 15 is 0 Å². The van der Waals surface area contributed by atoms with Crippen molar-refractivity contribution in [3.63, 3.8) is 0 Å². The van der Waals surface area contributed by atoms with Gasteiger partial charge >= 0.3 is 0 Å². The largest absolute Gasteiger partial charge is 0.507 e. The Labute approximate surface area is 214 Å². The molecule has 1 saturated carbocycles. The van der Waals surface area contributed by atoms with E-state index in [1.54, 1.807) is 30.2 Å². The molecule has 0 spiro atoms. The van der Waals surface area contributed by atoms with Gasteiger partial charge in [-0.25, -0.2) is 0 Å². The fraction of sp³-hybridized carbons (Fsp3) is 0.385. The molecule has 2 aromatic carbocycles. The van der Waals surface area contributed by atoms with Gasteiger partial charge in [0.25, 0.3) is 11.7 Å².